The van der Waals surface area contributed by atoms with Crippen molar-refractivity contribution in [2.45, 2.75) is 68.2 Å². The highest BCUT2D eigenvalue weighted by Gasteiger charge is 2.33. The summed E-state index contributed by atoms with van der Waals surface area (Å²) < 4.78 is 17.7. The fourth-order valence-electron chi connectivity index (χ4n) is 3.20. The molecule has 0 amide bonds. The highest BCUT2D eigenvalue weighted by atomic mass is 31.2. The SMILES string of the molecule is CC(C)CC(C)(C)COP(=O)(O)CC(C)(C)CC(C)C. The average Bonchev–Trinajstić information content (AvgIpc) is 2.08. The first kappa shape index (κ1) is 20.1. The van der Waals surface area contributed by atoms with Crippen LogP contribution in [-0.2, 0) is 9.09 Å². The van der Waals surface area contributed by atoms with Crippen LogP contribution in [0, 0.1) is 22.7 Å². The second kappa shape index (κ2) is 7.42. The quantitative estimate of drug-likeness (QED) is 0.585. The summed E-state index contributed by atoms with van der Waals surface area (Å²) in [5, 5.41) is 0. The van der Waals surface area contributed by atoms with Crippen molar-refractivity contribution in [1.29, 1.82) is 0 Å². The molecule has 0 bridgehead atoms. The van der Waals surface area contributed by atoms with Crippen LogP contribution in [0.2, 0.25) is 0 Å². The van der Waals surface area contributed by atoms with E-state index in [0.717, 1.165) is 12.8 Å². The van der Waals surface area contributed by atoms with E-state index >= 15 is 0 Å². The molecule has 122 valence electrons. The third-order valence-corrected chi connectivity index (χ3v) is 4.99. The molecule has 0 heterocycles. The van der Waals surface area contributed by atoms with Gasteiger partial charge in [-0.3, -0.25) is 4.57 Å². The third-order valence-electron chi connectivity index (χ3n) is 3.21. The van der Waals surface area contributed by atoms with Gasteiger partial charge in [0, 0.05) is 0 Å². The van der Waals surface area contributed by atoms with Gasteiger partial charge < -0.3 is 9.42 Å². The molecule has 0 aromatic carbocycles. The predicted molar refractivity (Wildman–Crippen MR) is 87.1 cm³/mol. The van der Waals surface area contributed by atoms with Gasteiger partial charge >= 0.3 is 7.60 Å². The predicted octanol–water partition coefficient (Wildman–Crippen LogP) is 5.33. The molecule has 0 aliphatic heterocycles. The molecule has 0 saturated heterocycles. The Morgan fingerprint density at radius 2 is 1.35 bits per heavy atom. The van der Waals surface area contributed by atoms with Crippen LogP contribution in [-0.4, -0.2) is 17.7 Å². The maximum Gasteiger partial charge on any atom is 0.328 e. The summed E-state index contributed by atoms with van der Waals surface area (Å²) in [5.74, 6) is 1.08. The molecule has 4 heteroatoms. The van der Waals surface area contributed by atoms with Crippen LogP contribution in [0.25, 0.3) is 0 Å². The minimum absolute atomic E-state index is 0.0608. The van der Waals surface area contributed by atoms with E-state index in [-0.39, 0.29) is 17.0 Å². The van der Waals surface area contributed by atoms with Gasteiger partial charge in [-0.15, -0.1) is 0 Å². The summed E-state index contributed by atoms with van der Waals surface area (Å²) >= 11 is 0. The van der Waals surface area contributed by atoms with Gasteiger partial charge in [0.1, 0.15) is 0 Å². The van der Waals surface area contributed by atoms with Crippen molar-refractivity contribution in [2.24, 2.45) is 22.7 Å². The van der Waals surface area contributed by atoms with Gasteiger partial charge in [0.05, 0.1) is 12.8 Å². The minimum Gasteiger partial charge on any atom is -0.324 e. The lowest BCUT2D eigenvalue weighted by Crippen LogP contribution is -2.24. The molecule has 0 aromatic rings. The Kier molecular flexibility index (Phi) is 7.48. The molecule has 1 atom stereocenters. The Balaban J connectivity index is 4.49. The van der Waals surface area contributed by atoms with E-state index in [4.69, 9.17) is 4.52 Å². The highest BCUT2D eigenvalue weighted by molar-refractivity contribution is 7.52. The van der Waals surface area contributed by atoms with Crippen LogP contribution in [0.4, 0.5) is 0 Å². The van der Waals surface area contributed by atoms with Crippen molar-refractivity contribution < 1.29 is 14.0 Å². The van der Waals surface area contributed by atoms with Gasteiger partial charge in [0.25, 0.3) is 0 Å². The van der Waals surface area contributed by atoms with Gasteiger partial charge in [0.2, 0.25) is 0 Å². The van der Waals surface area contributed by atoms with E-state index in [1.54, 1.807) is 0 Å². The molecule has 1 N–H and O–H groups in total. The van der Waals surface area contributed by atoms with E-state index in [0.29, 0.717) is 18.4 Å². The maximum atomic E-state index is 12.3. The number of rotatable bonds is 9. The summed E-state index contributed by atoms with van der Waals surface area (Å²) in [6, 6.07) is 0. The lowest BCUT2D eigenvalue weighted by atomic mass is 9.85. The molecule has 0 aliphatic rings. The fourth-order valence-corrected chi connectivity index (χ4v) is 5.05. The molecular formula is C16H35O3P. The second-order valence-electron chi connectivity index (χ2n) is 8.59. The van der Waals surface area contributed by atoms with Crippen molar-refractivity contribution in [1.82, 2.24) is 0 Å². The summed E-state index contributed by atoms with van der Waals surface area (Å²) in [6.45, 7) is 17.2. The van der Waals surface area contributed by atoms with Crippen molar-refractivity contribution in [3.63, 3.8) is 0 Å². The molecule has 20 heavy (non-hydrogen) atoms. The summed E-state index contributed by atoms with van der Waals surface area (Å²) in [6.07, 6.45) is 2.15. The molecule has 3 nitrogen and oxygen atoms in total. The molecular weight excluding hydrogens is 271 g/mol. The largest absolute Gasteiger partial charge is 0.328 e. The van der Waals surface area contributed by atoms with Crippen molar-refractivity contribution in [3.8, 4) is 0 Å². The lowest BCUT2D eigenvalue weighted by molar-refractivity contribution is 0.134. The molecule has 0 spiro atoms. The first-order valence-corrected chi connectivity index (χ1v) is 9.47. The van der Waals surface area contributed by atoms with Gasteiger partial charge in [-0.25, -0.2) is 0 Å². The van der Waals surface area contributed by atoms with Crippen molar-refractivity contribution in [2.75, 3.05) is 12.8 Å². The third kappa shape index (κ3) is 9.96. The molecule has 0 aliphatic carbocycles. The molecule has 0 aromatic heterocycles. The molecule has 0 fully saturated rings. The highest BCUT2D eigenvalue weighted by Crippen LogP contribution is 2.50. The van der Waals surface area contributed by atoms with E-state index < -0.39 is 7.60 Å². The van der Waals surface area contributed by atoms with Crippen LogP contribution >= 0.6 is 7.60 Å². The molecule has 0 rings (SSSR count). The van der Waals surface area contributed by atoms with Crippen LogP contribution in [0.3, 0.4) is 0 Å². The normalized spacial score (nSPS) is 16.8. The van der Waals surface area contributed by atoms with Crippen LogP contribution < -0.4 is 0 Å². The van der Waals surface area contributed by atoms with Gasteiger partial charge in [-0.2, -0.15) is 0 Å². The maximum absolute atomic E-state index is 12.3. The first-order chi connectivity index (χ1) is 8.75. The van der Waals surface area contributed by atoms with Crippen LogP contribution in [0.15, 0.2) is 0 Å². The van der Waals surface area contributed by atoms with E-state index in [1.165, 1.54) is 0 Å². The zero-order valence-electron chi connectivity index (χ0n) is 14.7. The second-order valence-corrected chi connectivity index (χ2v) is 10.4. The zero-order valence-corrected chi connectivity index (χ0v) is 15.6. The van der Waals surface area contributed by atoms with Crippen LogP contribution in [0.5, 0.6) is 0 Å². The number of hydrogen-bond donors (Lipinski definition) is 1. The van der Waals surface area contributed by atoms with Crippen molar-refractivity contribution in [3.05, 3.63) is 0 Å². The lowest BCUT2D eigenvalue weighted by Gasteiger charge is -2.31. The Morgan fingerprint density at radius 1 is 0.950 bits per heavy atom. The molecule has 0 saturated carbocycles. The fraction of sp³-hybridized carbons (Fsp3) is 1.00. The zero-order chi connectivity index (χ0) is 16.2. The molecule has 0 radical (unpaired) electrons. The van der Waals surface area contributed by atoms with Crippen molar-refractivity contribution >= 4 is 7.60 Å². The minimum atomic E-state index is -3.51. The summed E-state index contributed by atoms with van der Waals surface area (Å²) in [7, 11) is -3.51. The smallest absolute Gasteiger partial charge is 0.324 e. The summed E-state index contributed by atoms with van der Waals surface area (Å²) in [4.78, 5) is 10.1. The number of hydrogen-bond acceptors (Lipinski definition) is 2. The standard InChI is InChI=1S/C16H35O3P/c1-13(2)9-15(5,6)11-19-20(17,18)12-16(7,8)10-14(3)4/h13-14H,9-12H2,1-8H3,(H,17,18). The summed E-state index contributed by atoms with van der Waals surface area (Å²) in [5.41, 5.74) is -0.227. The van der Waals surface area contributed by atoms with Crippen LogP contribution in [0.1, 0.15) is 68.2 Å². The van der Waals surface area contributed by atoms with E-state index in [2.05, 4.69) is 41.5 Å². The Labute approximate surface area is 126 Å². The van der Waals surface area contributed by atoms with E-state index in [1.807, 2.05) is 13.8 Å². The topological polar surface area (TPSA) is 46.5 Å². The first-order valence-electron chi connectivity index (χ1n) is 7.71. The van der Waals surface area contributed by atoms with Gasteiger partial charge in [0.15, 0.2) is 0 Å². The average molecular weight is 306 g/mol. The van der Waals surface area contributed by atoms with Gasteiger partial charge in [-0.05, 0) is 35.5 Å². The Bertz CT molecular complexity index is 333. The monoisotopic (exact) mass is 306 g/mol. The molecule has 1 unspecified atom stereocenters. The Hall–Kier alpha value is 0.150. The van der Waals surface area contributed by atoms with Gasteiger partial charge in [-0.1, -0.05) is 55.4 Å². The van der Waals surface area contributed by atoms with E-state index in [9.17, 15) is 9.46 Å². The Morgan fingerprint density at radius 3 is 1.75 bits per heavy atom.